The second-order valence-electron chi connectivity index (χ2n) is 6.25. The molecular formula is C23H21ClN2O3. The molecule has 29 heavy (non-hydrogen) atoms. The first-order valence-corrected chi connectivity index (χ1v) is 9.61. The van der Waals surface area contributed by atoms with Crippen molar-refractivity contribution in [1.82, 2.24) is 0 Å². The first kappa shape index (κ1) is 20.4. The summed E-state index contributed by atoms with van der Waals surface area (Å²) in [5.41, 5.74) is 4.34. The summed E-state index contributed by atoms with van der Waals surface area (Å²) in [6.45, 7) is 2.09. The molecule has 0 heterocycles. The minimum absolute atomic E-state index is 0.313. The number of ether oxygens (including phenoxy) is 1. The molecule has 0 fully saturated rings. The van der Waals surface area contributed by atoms with Crippen molar-refractivity contribution in [3.63, 3.8) is 0 Å². The molecule has 0 spiro atoms. The van der Waals surface area contributed by atoms with Crippen LogP contribution in [0.25, 0.3) is 0 Å². The minimum atomic E-state index is -0.439. The van der Waals surface area contributed by atoms with Gasteiger partial charge in [-0.05, 0) is 42.3 Å². The van der Waals surface area contributed by atoms with E-state index in [1.54, 1.807) is 19.1 Å². The third kappa shape index (κ3) is 4.95. The number of hydrogen-bond donors (Lipinski definition) is 2. The van der Waals surface area contributed by atoms with Gasteiger partial charge >= 0.3 is 5.97 Å². The van der Waals surface area contributed by atoms with Crippen molar-refractivity contribution < 1.29 is 14.7 Å². The maximum atomic E-state index is 12.2. The fourth-order valence-corrected chi connectivity index (χ4v) is 3.34. The van der Waals surface area contributed by atoms with E-state index in [0.717, 1.165) is 22.4 Å². The van der Waals surface area contributed by atoms with E-state index in [1.807, 2.05) is 60.7 Å². The van der Waals surface area contributed by atoms with Gasteiger partial charge in [0.2, 0.25) is 0 Å². The van der Waals surface area contributed by atoms with E-state index in [9.17, 15) is 4.79 Å². The van der Waals surface area contributed by atoms with Crippen molar-refractivity contribution in [3.05, 3.63) is 95.1 Å². The summed E-state index contributed by atoms with van der Waals surface area (Å²) in [4.78, 5) is 12.2. The zero-order valence-electron chi connectivity index (χ0n) is 15.9. The number of nitrogens with one attached hydrogen (secondary N) is 1. The Morgan fingerprint density at radius 1 is 1.14 bits per heavy atom. The molecule has 0 bridgehead atoms. The molecule has 0 aliphatic rings. The number of rotatable bonds is 7. The van der Waals surface area contributed by atoms with Crippen LogP contribution in [0, 0.1) is 0 Å². The summed E-state index contributed by atoms with van der Waals surface area (Å²) >= 11 is 6.73. The second-order valence-corrected chi connectivity index (χ2v) is 6.69. The van der Waals surface area contributed by atoms with Crippen LogP contribution in [0.5, 0.6) is 0 Å². The van der Waals surface area contributed by atoms with Gasteiger partial charge in [-0.2, -0.15) is 0 Å². The third-order valence-electron chi connectivity index (χ3n) is 4.35. The third-order valence-corrected chi connectivity index (χ3v) is 4.83. The maximum Gasteiger partial charge on any atom is 0.340 e. The molecule has 1 unspecified atom stereocenters. The molecular weight excluding hydrogens is 388 g/mol. The summed E-state index contributed by atoms with van der Waals surface area (Å²) < 4.78 is 5.13. The average Bonchev–Trinajstić information content (AvgIpc) is 2.75. The van der Waals surface area contributed by atoms with Gasteiger partial charge in [0, 0.05) is 11.3 Å². The van der Waals surface area contributed by atoms with Gasteiger partial charge < -0.3 is 15.3 Å². The van der Waals surface area contributed by atoms with Gasteiger partial charge in [-0.25, -0.2) is 4.79 Å². The van der Waals surface area contributed by atoms with E-state index in [-0.39, 0.29) is 5.97 Å². The molecule has 148 valence electrons. The van der Waals surface area contributed by atoms with Gasteiger partial charge in [0.25, 0.3) is 0 Å². The van der Waals surface area contributed by atoms with E-state index >= 15 is 0 Å². The topological polar surface area (TPSA) is 70.9 Å². The molecule has 0 aliphatic heterocycles. The molecule has 3 rings (SSSR count). The van der Waals surface area contributed by atoms with Crippen LogP contribution in [0.2, 0.25) is 0 Å². The Hall–Kier alpha value is -3.31. The maximum absolute atomic E-state index is 12.2. The van der Waals surface area contributed by atoms with Gasteiger partial charge in [0.1, 0.15) is 0 Å². The number of oxime groups is 1. The number of carbonyl (C=O) groups is 1. The van der Waals surface area contributed by atoms with Crippen molar-refractivity contribution in [3.8, 4) is 0 Å². The summed E-state index contributed by atoms with van der Waals surface area (Å²) in [7, 11) is 0. The molecule has 0 amide bonds. The standard InChI is InChI=1S/C23H21ClN2O3/c1-2-29-23(27)20-12-5-6-13-21(20)26-18-10-7-9-16(14-18)22(24)19-11-4-3-8-17(19)15-25-28/h3-15,22,26,28H,2H2,1H3/b25-15+. The van der Waals surface area contributed by atoms with E-state index in [4.69, 9.17) is 21.5 Å². The van der Waals surface area contributed by atoms with Crippen molar-refractivity contribution in [2.75, 3.05) is 11.9 Å². The number of para-hydroxylation sites is 1. The first-order valence-electron chi connectivity index (χ1n) is 9.17. The molecule has 3 aromatic carbocycles. The number of alkyl halides is 1. The van der Waals surface area contributed by atoms with Gasteiger partial charge in [-0.3, -0.25) is 0 Å². The fourth-order valence-electron chi connectivity index (χ4n) is 3.01. The van der Waals surface area contributed by atoms with Crippen LogP contribution < -0.4 is 5.32 Å². The normalized spacial score (nSPS) is 11.9. The van der Waals surface area contributed by atoms with Crippen LogP contribution in [0.3, 0.4) is 0 Å². The lowest BCUT2D eigenvalue weighted by Crippen LogP contribution is -2.08. The highest BCUT2D eigenvalue weighted by Crippen LogP contribution is 2.33. The smallest absolute Gasteiger partial charge is 0.340 e. The number of carbonyl (C=O) groups excluding carboxylic acids is 1. The SMILES string of the molecule is CCOC(=O)c1ccccc1Nc1cccc(C(Cl)c2ccccc2/C=N/O)c1. The Labute approximate surface area is 174 Å². The highest BCUT2D eigenvalue weighted by Gasteiger charge is 2.16. The number of anilines is 2. The summed E-state index contributed by atoms with van der Waals surface area (Å²) in [6, 6.07) is 22.3. The lowest BCUT2D eigenvalue weighted by molar-refractivity contribution is 0.0527. The van der Waals surface area contributed by atoms with Crippen molar-refractivity contribution in [2.45, 2.75) is 12.3 Å². The van der Waals surface area contributed by atoms with Crippen molar-refractivity contribution >= 4 is 35.2 Å². The Morgan fingerprint density at radius 3 is 2.69 bits per heavy atom. The lowest BCUT2D eigenvalue weighted by Gasteiger charge is -2.16. The van der Waals surface area contributed by atoms with E-state index in [0.29, 0.717) is 17.9 Å². The first-order chi connectivity index (χ1) is 14.1. The fraction of sp³-hybridized carbons (Fsp3) is 0.130. The summed E-state index contributed by atoms with van der Waals surface area (Å²) in [6.07, 6.45) is 1.36. The largest absolute Gasteiger partial charge is 0.462 e. The minimum Gasteiger partial charge on any atom is -0.462 e. The van der Waals surface area contributed by atoms with E-state index < -0.39 is 5.38 Å². The number of hydrogen-bond acceptors (Lipinski definition) is 5. The molecule has 0 saturated heterocycles. The molecule has 1 atom stereocenters. The van der Waals surface area contributed by atoms with Crippen molar-refractivity contribution in [1.29, 1.82) is 0 Å². The van der Waals surface area contributed by atoms with Crippen LogP contribution >= 0.6 is 11.6 Å². The Balaban J connectivity index is 1.89. The van der Waals surface area contributed by atoms with E-state index in [2.05, 4.69) is 10.5 Å². The van der Waals surface area contributed by atoms with Crippen LogP contribution in [0.1, 0.15) is 39.3 Å². The van der Waals surface area contributed by atoms with Crippen LogP contribution in [-0.4, -0.2) is 24.0 Å². The predicted octanol–water partition coefficient (Wildman–Crippen LogP) is 5.74. The Morgan fingerprint density at radius 2 is 1.90 bits per heavy atom. The quantitative estimate of drug-likeness (QED) is 0.172. The molecule has 0 aromatic heterocycles. The zero-order chi connectivity index (χ0) is 20.6. The highest BCUT2D eigenvalue weighted by atomic mass is 35.5. The predicted molar refractivity (Wildman–Crippen MR) is 116 cm³/mol. The summed E-state index contributed by atoms with van der Waals surface area (Å²) in [5.74, 6) is -0.376. The number of esters is 1. The lowest BCUT2D eigenvalue weighted by atomic mass is 9.99. The molecule has 2 N–H and O–H groups in total. The monoisotopic (exact) mass is 408 g/mol. The number of nitrogens with zero attached hydrogens (tertiary/aromatic N) is 1. The summed E-state index contributed by atoms with van der Waals surface area (Å²) in [5, 5.41) is 14.8. The van der Waals surface area contributed by atoms with Gasteiger partial charge in [0.05, 0.1) is 29.4 Å². The second kappa shape index (κ2) is 9.75. The number of benzene rings is 3. The Bertz CT molecular complexity index is 1020. The molecule has 3 aromatic rings. The Kier molecular flexibility index (Phi) is 6.87. The number of halogens is 1. The molecule has 0 radical (unpaired) electrons. The molecule has 6 heteroatoms. The van der Waals surface area contributed by atoms with Crippen LogP contribution in [0.4, 0.5) is 11.4 Å². The zero-order valence-corrected chi connectivity index (χ0v) is 16.6. The van der Waals surface area contributed by atoms with Crippen LogP contribution in [-0.2, 0) is 4.74 Å². The molecule has 0 aliphatic carbocycles. The van der Waals surface area contributed by atoms with Gasteiger partial charge in [0.15, 0.2) is 0 Å². The van der Waals surface area contributed by atoms with Crippen molar-refractivity contribution in [2.24, 2.45) is 5.16 Å². The van der Waals surface area contributed by atoms with Crippen LogP contribution in [0.15, 0.2) is 78.0 Å². The highest BCUT2D eigenvalue weighted by molar-refractivity contribution is 6.23. The molecule has 0 saturated carbocycles. The van der Waals surface area contributed by atoms with Gasteiger partial charge in [-0.1, -0.05) is 53.7 Å². The molecule has 5 nitrogen and oxygen atoms in total. The average molecular weight is 409 g/mol. The van der Waals surface area contributed by atoms with E-state index in [1.165, 1.54) is 6.21 Å². The van der Waals surface area contributed by atoms with Gasteiger partial charge in [-0.15, -0.1) is 11.6 Å².